The average molecular weight is 581 g/mol. The van der Waals surface area contributed by atoms with Crippen LogP contribution in [0.4, 0.5) is 0 Å². The van der Waals surface area contributed by atoms with Crippen LogP contribution in [-0.4, -0.2) is 17.7 Å². The van der Waals surface area contributed by atoms with Crippen molar-refractivity contribution in [1.29, 1.82) is 0 Å². The molecule has 0 saturated heterocycles. The summed E-state index contributed by atoms with van der Waals surface area (Å²) in [5.74, 6) is 0. The van der Waals surface area contributed by atoms with E-state index < -0.39 is 0 Å². The first-order valence-electron chi connectivity index (χ1n) is 14.2. The fraction of sp³-hybridized carbons (Fsp3) is 0.0513. The summed E-state index contributed by atoms with van der Waals surface area (Å²) in [6, 6.07) is 42.7. The van der Waals surface area contributed by atoms with Gasteiger partial charge in [0.25, 0.3) is 0 Å². The van der Waals surface area contributed by atoms with E-state index in [4.69, 9.17) is 4.42 Å². The van der Waals surface area contributed by atoms with Crippen molar-refractivity contribution in [2.75, 3.05) is 6.54 Å². The molecule has 0 fully saturated rings. The zero-order valence-corrected chi connectivity index (χ0v) is 24.9. The molecule has 0 spiro atoms. The summed E-state index contributed by atoms with van der Waals surface area (Å²) in [7, 11) is 0. The van der Waals surface area contributed by atoms with Gasteiger partial charge in [-0.2, -0.15) is 0 Å². The summed E-state index contributed by atoms with van der Waals surface area (Å²) in [6.45, 7) is 0.889. The van der Waals surface area contributed by atoms with Crippen LogP contribution in [0.25, 0.3) is 32.0 Å². The van der Waals surface area contributed by atoms with E-state index in [9.17, 15) is 0 Å². The quantitative estimate of drug-likeness (QED) is 0.190. The van der Waals surface area contributed by atoms with Crippen molar-refractivity contribution < 1.29 is 4.42 Å². The van der Waals surface area contributed by atoms with Crippen LogP contribution in [0, 0.1) is 0 Å². The number of aromatic nitrogens is 1. The highest BCUT2D eigenvalue weighted by Gasteiger charge is 1.90. The molecule has 4 aromatic carbocycles. The smallest absolute Gasteiger partial charge is 0.133 e. The summed E-state index contributed by atoms with van der Waals surface area (Å²) >= 11 is 1.79. The van der Waals surface area contributed by atoms with Gasteiger partial charge in [0.05, 0.1) is 12.8 Å². The van der Waals surface area contributed by atoms with E-state index in [1.807, 2.05) is 97.2 Å². The first-order chi connectivity index (χ1) is 21.4. The van der Waals surface area contributed by atoms with E-state index in [1.165, 1.54) is 21.0 Å². The molecule has 214 valence electrons. The molecule has 0 radical (unpaired) electrons. The standard InChI is InChI=1S/C8H7N.C8H6O.C8H6S.C6H6.C5H6.C4H5N/c3*1-2-4-8-7(3-1)5-6-9-8;1-2-4-6-5-3-1;2*1-2-4-5-3-1/h1-6,9H;2*1-6H;1-6H;1-4H,5H2;1-3H,4H2. The SMILES string of the molecule is C1=CCC=C1.C1=CCN=C1.c1ccc2[nH]ccc2c1.c1ccc2occc2c1.c1ccc2sccc2c1.c1ccccc1. The van der Waals surface area contributed by atoms with E-state index >= 15 is 0 Å². The molecular weight excluding hydrogens is 545 g/mol. The predicted molar refractivity (Wildman–Crippen MR) is 188 cm³/mol. The van der Waals surface area contributed by atoms with E-state index in [0.29, 0.717) is 0 Å². The molecule has 0 bridgehead atoms. The van der Waals surface area contributed by atoms with Gasteiger partial charge in [0.1, 0.15) is 5.58 Å². The minimum absolute atomic E-state index is 0.889. The lowest BCUT2D eigenvalue weighted by Crippen LogP contribution is -1.61. The van der Waals surface area contributed by atoms with Crippen LogP contribution in [0.1, 0.15) is 6.42 Å². The fourth-order valence-corrected chi connectivity index (χ4v) is 4.68. The van der Waals surface area contributed by atoms with E-state index in [0.717, 1.165) is 23.9 Å². The van der Waals surface area contributed by atoms with E-state index in [1.54, 1.807) is 23.8 Å². The van der Waals surface area contributed by atoms with Crippen LogP contribution in [0.5, 0.6) is 0 Å². The predicted octanol–water partition coefficient (Wildman–Crippen LogP) is 11.3. The van der Waals surface area contributed by atoms with Gasteiger partial charge in [0.2, 0.25) is 0 Å². The minimum atomic E-state index is 0.889. The molecule has 1 aliphatic heterocycles. The number of benzene rings is 4. The van der Waals surface area contributed by atoms with Crippen LogP contribution in [0.15, 0.2) is 191 Å². The van der Waals surface area contributed by atoms with E-state index in [-0.39, 0.29) is 0 Å². The number of para-hydroxylation sites is 2. The Labute approximate surface area is 257 Å². The highest BCUT2D eigenvalue weighted by molar-refractivity contribution is 7.17. The number of nitrogens with one attached hydrogen (secondary N) is 1. The second-order valence-electron chi connectivity index (χ2n) is 9.17. The van der Waals surface area contributed by atoms with Gasteiger partial charge in [0, 0.05) is 28.0 Å². The molecule has 0 atom stereocenters. The number of aliphatic imine (C=N–C) groups is 1. The van der Waals surface area contributed by atoms with Gasteiger partial charge >= 0.3 is 0 Å². The van der Waals surface area contributed by atoms with Crippen molar-refractivity contribution in [1.82, 2.24) is 4.98 Å². The number of aromatic amines is 1. The largest absolute Gasteiger partial charge is 0.464 e. The molecule has 9 rings (SSSR count). The maximum absolute atomic E-state index is 5.12. The first-order valence-corrected chi connectivity index (χ1v) is 15.1. The van der Waals surface area contributed by atoms with Crippen LogP contribution in [0.2, 0.25) is 0 Å². The van der Waals surface area contributed by atoms with Gasteiger partial charge in [-0.3, -0.25) is 4.99 Å². The molecule has 3 aromatic heterocycles. The highest BCUT2D eigenvalue weighted by atomic mass is 32.1. The lowest BCUT2D eigenvalue weighted by molar-refractivity contribution is 0.616. The number of furan rings is 1. The van der Waals surface area contributed by atoms with Crippen molar-refractivity contribution in [2.45, 2.75) is 6.42 Å². The van der Waals surface area contributed by atoms with Crippen molar-refractivity contribution >= 4 is 49.5 Å². The fourth-order valence-electron chi connectivity index (χ4n) is 3.89. The lowest BCUT2D eigenvalue weighted by Gasteiger charge is -1.83. The molecule has 0 saturated carbocycles. The van der Waals surface area contributed by atoms with Crippen LogP contribution >= 0.6 is 11.3 Å². The molecule has 0 amide bonds. The van der Waals surface area contributed by atoms with Crippen molar-refractivity contribution in [3.05, 3.63) is 182 Å². The Morgan fingerprint density at radius 1 is 0.581 bits per heavy atom. The molecule has 3 nitrogen and oxygen atoms in total. The zero-order valence-electron chi connectivity index (χ0n) is 24.1. The maximum atomic E-state index is 5.12. The number of fused-ring (bicyclic) bond motifs is 3. The molecular formula is C39H36N2OS. The van der Waals surface area contributed by atoms with Crippen molar-refractivity contribution in [3.8, 4) is 0 Å². The molecule has 4 heterocycles. The Bertz CT molecular complexity index is 1520. The normalized spacial score (nSPS) is 11.6. The Balaban J connectivity index is 0.000000120. The molecule has 0 unspecified atom stereocenters. The number of allylic oxidation sites excluding steroid dienone is 5. The molecule has 2 aliphatic rings. The molecule has 1 aliphatic carbocycles. The summed E-state index contributed by atoms with van der Waals surface area (Å²) in [6.07, 6.45) is 18.9. The maximum Gasteiger partial charge on any atom is 0.133 e. The monoisotopic (exact) mass is 580 g/mol. The third kappa shape index (κ3) is 11.7. The van der Waals surface area contributed by atoms with Crippen molar-refractivity contribution in [2.24, 2.45) is 4.99 Å². The second kappa shape index (κ2) is 19.0. The van der Waals surface area contributed by atoms with E-state index in [2.05, 4.69) is 88.2 Å². The first kappa shape index (κ1) is 30.8. The summed E-state index contributed by atoms with van der Waals surface area (Å²) < 4.78 is 6.49. The highest BCUT2D eigenvalue weighted by Crippen LogP contribution is 2.19. The summed E-state index contributed by atoms with van der Waals surface area (Å²) in [4.78, 5) is 6.97. The minimum Gasteiger partial charge on any atom is -0.464 e. The number of hydrogen-bond donors (Lipinski definition) is 1. The van der Waals surface area contributed by atoms with Gasteiger partial charge in [0.15, 0.2) is 0 Å². The van der Waals surface area contributed by atoms with Crippen molar-refractivity contribution in [3.63, 3.8) is 0 Å². The van der Waals surface area contributed by atoms with Gasteiger partial charge < -0.3 is 9.40 Å². The number of hydrogen-bond acceptors (Lipinski definition) is 3. The zero-order chi connectivity index (χ0) is 29.6. The molecule has 43 heavy (non-hydrogen) atoms. The molecule has 4 heteroatoms. The van der Waals surface area contributed by atoms with Gasteiger partial charge in [-0.25, -0.2) is 0 Å². The third-order valence-corrected chi connectivity index (χ3v) is 6.94. The van der Waals surface area contributed by atoms with Gasteiger partial charge in [-0.1, -0.05) is 121 Å². The Morgan fingerprint density at radius 3 is 1.84 bits per heavy atom. The van der Waals surface area contributed by atoms with Gasteiger partial charge in [-0.15, -0.1) is 11.3 Å². The van der Waals surface area contributed by atoms with Crippen LogP contribution in [-0.2, 0) is 0 Å². The number of nitrogens with zero attached hydrogens (tertiary/aromatic N) is 1. The van der Waals surface area contributed by atoms with Crippen LogP contribution < -0.4 is 0 Å². The topological polar surface area (TPSA) is 41.3 Å². The molecule has 1 N–H and O–H groups in total. The van der Waals surface area contributed by atoms with Crippen LogP contribution in [0.3, 0.4) is 0 Å². The summed E-state index contributed by atoms with van der Waals surface area (Å²) in [5, 5.41) is 5.91. The van der Waals surface area contributed by atoms with Gasteiger partial charge in [-0.05, 0) is 65.0 Å². The third-order valence-electron chi connectivity index (χ3n) is 6.05. The molecule has 7 aromatic rings. The Kier molecular flexibility index (Phi) is 13.6. The lowest BCUT2D eigenvalue weighted by atomic mass is 10.3. The number of thiophene rings is 1. The Morgan fingerprint density at radius 2 is 1.26 bits per heavy atom. The Hall–Kier alpha value is -5.19. The average Bonchev–Trinajstić information content (AvgIpc) is 3.92. The summed E-state index contributed by atoms with van der Waals surface area (Å²) in [5.41, 5.74) is 2.16. The number of rotatable bonds is 0. The number of H-pyrrole nitrogens is 1. The second-order valence-corrected chi connectivity index (χ2v) is 10.1.